The Labute approximate surface area is 99.4 Å². The van der Waals surface area contributed by atoms with Crippen LogP contribution in [0, 0.1) is 0 Å². The van der Waals surface area contributed by atoms with Gasteiger partial charge in [-0.05, 0) is 12.1 Å². The molecule has 92 valence electrons. The fourth-order valence-electron chi connectivity index (χ4n) is 1.29. The summed E-state index contributed by atoms with van der Waals surface area (Å²) >= 11 is 0. The van der Waals surface area contributed by atoms with Gasteiger partial charge in [-0.15, -0.1) is 0 Å². The van der Waals surface area contributed by atoms with Gasteiger partial charge in [0, 0.05) is 26.9 Å². The van der Waals surface area contributed by atoms with Crippen LogP contribution in [-0.2, 0) is 4.74 Å². The Balaban J connectivity index is 2.92. The number of carbonyl (C=O) groups excluding carboxylic acids is 2. The van der Waals surface area contributed by atoms with E-state index >= 15 is 0 Å². The van der Waals surface area contributed by atoms with Gasteiger partial charge in [-0.1, -0.05) is 0 Å². The van der Waals surface area contributed by atoms with E-state index < -0.39 is 5.91 Å². The van der Waals surface area contributed by atoms with Crippen LogP contribution < -0.4 is 5.73 Å². The van der Waals surface area contributed by atoms with Crippen LogP contribution in [0.15, 0.2) is 18.3 Å². The molecule has 2 amide bonds. The summed E-state index contributed by atoms with van der Waals surface area (Å²) in [6, 6.07) is 3.04. The van der Waals surface area contributed by atoms with E-state index in [1.165, 1.54) is 17.2 Å². The van der Waals surface area contributed by atoms with E-state index in [1.807, 2.05) is 0 Å². The molecule has 1 rings (SSSR count). The van der Waals surface area contributed by atoms with E-state index in [1.54, 1.807) is 20.2 Å². The first-order valence-electron chi connectivity index (χ1n) is 5.07. The lowest BCUT2D eigenvalue weighted by Gasteiger charge is -2.16. The number of nitrogens with two attached hydrogens (primary N) is 1. The number of carbonyl (C=O) groups is 2. The predicted octanol–water partition coefficient (Wildman–Crippen LogP) is -0.101. The molecule has 0 aliphatic heterocycles. The van der Waals surface area contributed by atoms with Gasteiger partial charge in [0.05, 0.1) is 12.2 Å². The van der Waals surface area contributed by atoms with E-state index in [2.05, 4.69) is 4.98 Å². The number of amides is 2. The molecule has 0 bridgehead atoms. The van der Waals surface area contributed by atoms with Crippen molar-refractivity contribution in [1.29, 1.82) is 0 Å². The summed E-state index contributed by atoms with van der Waals surface area (Å²) in [7, 11) is 3.16. The molecule has 17 heavy (non-hydrogen) atoms. The third-order valence-corrected chi connectivity index (χ3v) is 2.25. The summed E-state index contributed by atoms with van der Waals surface area (Å²) < 4.78 is 4.87. The molecule has 0 fully saturated rings. The molecule has 0 aliphatic rings. The lowest BCUT2D eigenvalue weighted by molar-refractivity contribution is 0.0734. The van der Waals surface area contributed by atoms with Gasteiger partial charge in [-0.25, -0.2) is 0 Å². The topological polar surface area (TPSA) is 85.5 Å². The summed E-state index contributed by atoms with van der Waals surface area (Å²) in [5, 5.41) is 0. The highest BCUT2D eigenvalue weighted by atomic mass is 16.5. The summed E-state index contributed by atoms with van der Waals surface area (Å²) in [5.41, 5.74) is 5.37. The molecular weight excluding hydrogens is 222 g/mol. The van der Waals surface area contributed by atoms with Crippen LogP contribution in [0.4, 0.5) is 0 Å². The monoisotopic (exact) mass is 237 g/mol. The van der Waals surface area contributed by atoms with E-state index in [0.29, 0.717) is 13.2 Å². The Morgan fingerprint density at radius 2 is 2.24 bits per heavy atom. The largest absolute Gasteiger partial charge is 0.383 e. The number of methoxy groups -OCH3 is 1. The maximum atomic E-state index is 12.0. The minimum absolute atomic E-state index is 0.0682. The zero-order valence-electron chi connectivity index (χ0n) is 9.84. The third-order valence-electron chi connectivity index (χ3n) is 2.25. The van der Waals surface area contributed by atoms with Gasteiger partial charge < -0.3 is 15.4 Å². The zero-order valence-corrected chi connectivity index (χ0v) is 9.84. The molecule has 0 saturated heterocycles. The molecule has 0 aromatic carbocycles. The molecule has 2 N–H and O–H groups in total. The quantitative estimate of drug-likeness (QED) is 0.774. The van der Waals surface area contributed by atoms with Crippen LogP contribution in [-0.4, -0.2) is 49.0 Å². The number of likely N-dealkylation sites (N-methyl/N-ethyl adjacent to an activating group) is 1. The second-order valence-electron chi connectivity index (χ2n) is 3.48. The zero-order chi connectivity index (χ0) is 12.8. The van der Waals surface area contributed by atoms with Crippen molar-refractivity contribution in [2.45, 2.75) is 0 Å². The van der Waals surface area contributed by atoms with Crippen molar-refractivity contribution in [3.05, 3.63) is 29.6 Å². The van der Waals surface area contributed by atoms with Gasteiger partial charge in [0.15, 0.2) is 0 Å². The fraction of sp³-hybridized carbons (Fsp3) is 0.364. The summed E-state index contributed by atoms with van der Waals surface area (Å²) in [6.45, 7) is 0.838. The number of hydrogen-bond acceptors (Lipinski definition) is 4. The molecule has 0 radical (unpaired) electrons. The van der Waals surface area contributed by atoms with Gasteiger partial charge in [0.2, 0.25) is 0 Å². The van der Waals surface area contributed by atoms with Gasteiger partial charge in [0.1, 0.15) is 5.69 Å². The highest BCUT2D eigenvalue weighted by Gasteiger charge is 2.19. The average Bonchev–Trinajstić information content (AvgIpc) is 2.34. The summed E-state index contributed by atoms with van der Waals surface area (Å²) in [5.74, 6) is -1.02. The standard InChI is InChI=1S/C11H15N3O3/c1-14(6-7-17-2)11(16)9-8(10(12)15)4-3-5-13-9/h3-5H,6-7H2,1-2H3,(H2,12,15). The Kier molecular flexibility index (Phi) is 4.59. The molecule has 1 aromatic rings. The van der Waals surface area contributed by atoms with E-state index in [-0.39, 0.29) is 17.2 Å². The normalized spacial score (nSPS) is 10.0. The van der Waals surface area contributed by atoms with Crippen molar-refractivity contribution in [1.82, 2.24) is 9.88 Å². The van der Waals surface area contributed by atoms with Crippen LogP contribution in [0.2, 0.25) is 0 Å². The molecular formula is C11H15N3O3. The highest BCUT2D eigenvalue weighted by Crippen LogP contribution is 2.07. The molecule has 0 atom stereocenters. The van der Waals surface area contributed by atoms with Gasteiger partial charge in [-0.3, -0.25) is 14.6 Å². The molecule has 6 heteroatoms. The lowest BCUT2D eigenvalue weighted by Crippen LogP contribution is -2.32. The Morgan fingerprint density at radius 3 is 2.82 bits per heavy atom. The number of aromatic nitrogens is 1. The SMILES string of the molecule is COCCN(C)C(=O)c1ncccc1C(N)=O. The minimum atomic E-state index is -0.665. The van der Waals surface area contributed by atoms with E-state index in [4.69, 9.17) is 10.5 Å². The van der Waals surface area contributed by atoms with Crippen molar-refractivity contribution >= 4 is 11.8 Å². The first-order chi connectivity index (χ1) is 8.07. The van der Waals surface area contributed by atoms with Gasteiger partial charge in [0.25, 0.3) is 11.8 Å². The fourth-order valence-corrected chi connectivity index (χ4v) is 1.29. The van der Waals surface area contributed by atoms with Gasteiger partial charge in [-0.2, -0.15) is 0 Å². The Morgan fingerprint density at radius 1 is 1.53 bits per heavy atom. The van der Waals surface area contributed by atoms with Crippen molar-refractivity contribution in [3.63, 3.8) is 0 Å². The maximum absolute atomic E-state index is 12.0. The van der Waals surface area contributed by atoms with Crippen LogP contribution in [0.1, 0.15) is 20.8 Å². The number of nitrogens with zero attached hydrogens (tertiary/aromatic N) is 2. The first-order valence-corrected chi connectivity index (χ1v) is 5.07. The van der Waals surface area contributed by atoms with Crippen molar-refractivity contribution in [2.75, 3.05) is 27.3 Å². The molecule has 1 aromatic heterocycles. The second kappa shape index (κ2) is 5.95. The van der Waals surface area contributed by atoms with E-state index in [0.717, 1.165) is 0 Å². The Bertz CT molecular complexity index is 420. The molecule has 1 heterocycles. The highest BCUT2D eigenvalue weighted by molar-refractivity contribution is 6.05. The van der Waals surface area contributed by atoms with Crippen LogP contribution >= 0.6 is 0 Å². The van der Waals surface area contributed by atoms with E-state index in [9.17, 15) is 9.59 Å². The molecule has 0 saturated carbocycles. The van der Waals surface area contributed by atoms with Crippen molar-refractivity contribution < 1.29 is 14.3 Å². The minimum Gasteiger partial charge on any atom is -0.383 e. The molecule has 0 spiro atoms. The number of pyridine rings is 1. The number of rotatable bonds is 5. The predicted molar refractivity (Wildman–Crippen MR) is 61.6 cm³/mol. The van der Waals surface area contributed by atoms with Crippen LogP contribution in [0.3, 0.4) is 0 Å². The molecule has 0 aliphatic carbocycles. The average molecular weight is 237 g/mol. The van der Waals surface area contributed by atoms with Crippen LogP contribution in [0.5, 0.6) is 0 Å². The van der Waals surface area contributed by atoms with Crippen LogP contribution in [0.25, 0.3) is 0 Å². The number of primary amides is 1. The summed E-state index contributed by atoms with van der Waals surface area (Å²) in [4.78, 5) is 28.5. The van der Waals surface area contributed by atoms with Gasteiger partial charge >= 0.3 is 0 Å². The third kappa shape index (κ3) is 3.25. The first kappa shape index (κ1) is 13.1. The Hall–Kier alpha value is -1.95. The molecule has 6 nitrogen and oxygen atoms in total. The van der Waals surface area contributed by atoms with Crippen molar-refractivity contribution in [2.24, 2.45) is 5.73 Å². The smallest absolute Gasteiger partial charge is 0.273 e. The number of hydrogen-bond donors (Lipinski definition) is 1. The number of ether oxygens (including phenoxy) is 1. The lowest BCUT2D eigenvalue weighted by atomic mass is 10.1. The molecule has 0 unspecified atom stereocenters. The summed E-state index contributed by atoms with van der Waals surface area (Å²) in [6.07, 6.45) is 1.45. The van der Waals surface area contributed by atoms with Crippen molar-refractivity contribution in [3.8, 4) is 0 Å². The second-order valence-corrected chi connectivity index (χ2v) is 3.48. The maximum Gasteiger partial charge on any atom is 0.273 e.